The third-order valence-electron chi connectivity index (χ3n) is 3.37. The molecule has 1 N–H and O–H groups in total. The molecule has 18 heavy (non-hydrogen) atoms. The van der Waals surface area contributed by atoms with Crippen LogP contribution in [0.25, 0.3) is 11.3 Å². The molecule has 0 fully saturated rings. The van der Waals surface area contributed by atoms with Crippen LogP contribution in [0.15, 0.2) is 30.5 Å². The molecule has 0 radical (unpaired) electrons. The van der Waals surface area contributed by atoms with E-state index in [0.717, 1.165) is 35.4 Å². The van der Waals surface area contributed by atoms with E-state index in [2.05, 4.69) is 5.10 Å². The summed E-state index contributed by atoms with van der Waals surface area (Å²) in [5.74, 6) is 0.790. The lowest BCUT2D eigenvalue weighted by Crippen LogP contribution is -1.98. The van der Waals surface area contributed by atoms with Crippen molar-refractivity contribution in [3.05, 3.63) is 36.0 Å². The molecule has 0 spiro atoms. The van der Waals surface area contributed by atoms with E-state index in [1.54, 1.807) is 6.20 Å². The van der Waals surface area contributed by atoms with Gasteiger partial charge in [-0.15, -0.1) is 0 Å². The minimum absolute atomic E-state index is 0.414. The standard InChI is InChI=1S/C14H16N2O2/c1-16-12(6-7-15-16)10-4-5-11-13(17)3-2-8-18-14(11)9-10/h4-7,9,13,17H,2-3,8H2,1H3. The number of rotatable bonds is 1. The molecule has 0 saturated heterocycles. The Morgan fingerprint density at radius 3 is 3.06 bits per heavy atom. The maximum absolute atomic E-state index is 10.0. The molecule has 2 aromatic rings. The van der Waals surface area contributed by atoms with Gasteiger partial charge >= 0.3 is 0 Å². The number of benzene rings is 1. The van der Waals surface area contributed by atoms with Crippen LogP contribution in [-0.2, 0) is 7.05 Å². The van der Waals surface area contributed by atoms with Gasteiger partial charge in [0.1, 0.15) is 5.75 Å². The summed E-state index contributed by atoms with van der Waals surface area (Å²) in [5.41, 5.74) is 2.99. The van der Waals surface area contributed by atoms with Crippen molar-refractivity contribution < 1.29 is 9.84 Å². The molecule has 94 valence electrons. The van der Waals surface area contributed by atoms with E-state index in [-0.39, 0.29) is 0 Å². The summed E-state index contributed by atoms with van der Waals surface area (Å²) in [6.07, 6.45) is 3.01. The summed E-state index contributed by atoms with van der Waals surface area (Å²) >= 11 is 0. The summed E-state index contributed by atoms with van der Waals surface area (Å²) in [5, 5.41) is 14.2. The Kier molecular flexibility index (Phi) is 2.80. The molecule has 1 atom stereocenters. The topological polar surface area (TPSA) is 47.3 Å². The molecule has 4 heteroatoms. The number of aryl methyl sites for hydroxylation is 1. The van der Waals surface area contributed by atoms with Gasteiger partial charge in [0.05, 0.1) is 18.4 Å². The molecule has 3 rings (SSSR count). The Labute approximate surface area is 106 Å². The van der Waals surface area contributed by atoms with Gasteiger partial charge in [0, 0.05) is 24.4 Å². The van der Waals surface area contributed by atoms with Crippen molar-refractivity contribution in [1.29, 1.82) is 0 Å². The fourth-order valence-corrected chi connectivity index (χ4v) is 2.37. The highest BCUT2D eigenvalue weighted by molar-refractivity contribution is 5.63. The zero-order valence-electron chi connectivity index (χ0n) is 10.3. The van der Waals surface area contributed by atoms with Gasteiger partial charge in [0.2, 0.25) is 0 Å². The van der Waals surface area contributed by atoms with Gasteiger partial charge in [-0.25, -0.2) is 0 Å². The molecule has 0 aliphatic carbocycles. The van der Waals surface area contributed by atoms with Crippen molar-refractivity contribution in [2.24, 2.45) is 7.05 Å². The fourth-order valence-electron chi connectivity index (χ4n) is 2.37. The van der Waals surface area contributed by atoms with E-state index in [0.29, 0.717) is 6.61 Å². The molecule has 1 aromatic heterocycles. The highest BCUT2D eigenvalue weighted by atomic mass is 16.5. The summed E-state index contributed by atoms with van der Waals surface area (Å²) in [4.78, 5) is 0. The van der Waals surface area contributed by atoms with Crippen molar-refractivity contribution in [1.82, 2.24) is 9.78 Å². The average Bonchev–Trinajstić information content (AvgIpc) is 2.71. The van der Waals surface area contributed by atoms with Crippen molar-refractivity contribution in [2.75, 3.05) is 6.61 Å². The molecular formula is C14H16N2O2. The van der Waals surface area contributed by atoms with E-state index in [4.69, 9.17) is 4.74 Å². The first-order chi connectivity index (χ1) is 8.75. The normalized spacial score (nSPS) is 18.9. The Bertz CT molecular complexity index is 563. The molecule has 4 nitrogen and oxygen atoms in total. The van der Waals surface area contributed by atoms with Crippen LogP contribution in [0.5, 0.6) is 5.75 Å². The van der Waals surface area contributed by atoms with Crippen molar-refractivity contribution in [3.8, 4) is 17.0 Å². The van der Waals surface area contributed by atoms with Crippen molar-refractivity contribution in [3.63, 3.8) is 0 Å². The zero-order valence-corrected chi connectivity index (χ0v) is 10.3. The SMILES string of the molecule is Cn1nccc1-c1ccc2c(c1)OCCCC2O. The first-order valence-corrected chi connectivity index (χ1v) is 6.19. The second-order valence-electron chi connectivity index (χ2n) is 4.60. The number of aliphatic hydroxyl groups is 1. The molecular weight excluding hydrogens is 228 g/mol. The van der Waals surface area contributed by atoms with Gasteiger partial charge in [-0.05, 0) is 25.0 Å². The van der Waals surface area contributed by atoms with Crippen LogP contribution in [0.4, 0.5) is 0 Å². The molecule has 1 aromatic carbocycles. The lowest BCUT2D eigenvalue weighted by Gasteiger charge is -2.12. The number of ether oxygens (including phenoxy) is 1. The van der Waals surface area contributed by atoms with Crippen molar-refractivity contribution >= 4 is 0 Å². The number of nitrogens with zero attached hydrogens (tertiary/aromatic N) is 2. The van der Waals surface area contributed by atoms with Gasteiger partial charge in [0.25, 0.3) is 0 Å². The van der Waals surface area contributed by atoms with E-state index in [1.165, 1.54) is 0 Å². The van der Waals surface area contributed by atoms with Crippen LogP contribution in [0.3, 0.4) is 0 Å². The minimum atomic E-state index is -0.414. The smallest absolute Gasteiger partial charge is 0.125 e. The Hall–Kier alpha value is -1.81. The average molecular weight is 244 g/mol. The molecule has 1 unspecified atom stereocenters. The first kappa shape index (κ1) is 11.3. The molecule has 2 heterocycles. The Morgan fingerprint density at radius 1 is 1.39 bits per heavy atom. The summed E-state index contributed by atoms with van der Waals surface area (Å²) in [7, 11) is 1.91. The lowest BCUT2D eigenvalue weighted by molar-refractivity contribution is 0.167. The minimum Gasteiger partial charge on any atom is -0.493 e. The maximum atomic E-state index is 10.0. The number of fused-ring (bicyclic) bond motifs is 1. The third-order valence-corrected chi connectivity index (χ3v) is 3.37. The van der Waals surface area contributed by atoms with Gasteiger partial charge < -0.3 is 9.84 Å². The molecule has 1 aliphatic rings. The van der Waals surface area contributed by atoms with Gasteiger partial charge in [0.15, 0.2) is 0 Å². The maximum Gasteiger partial charge on any atom is 0.125 e. The predicted molar refractivity (Wildman–Crippen MR) is 68.3 cm³/mol. The van der Waals surface area contributed by atoms with Crippen LogP contribution in [-0.4, -0.2) is 21.5 Å². The van der Waals surface area contributed by atoms with Crippen LogP contribution in [0.2, 0.25) is 0 Å². The lowest BCUT2D eigenvalue weighted by atomic mass is 10.0. The summed E-state index contributed by atoms with van der Waals surface area (Å²) in [6, 6.07) is 7.91. The highest BCUT2D eigenvalue weighted by Gasteiger charge is 2.18. The Morgan fingerprint density at radius 2 is 2.28 bits per heavy atom. The fraction of sp³-hybridized carbons (Fsp3) is 0.357. The molecule has 1 aliphatic heterocycles. The van der Waals surface area contributed by atoms with Crippen LogP contribution in [0, 0.1) is 0 Å². The van der Waals surface area contributed by atoms with E-state index < -0.39 is 6.10 Å². The number of aromatic nitrogens is 2. The Balaban J connectivity index is 2.05. The number of hydrogen-bond donors (Lipinski definition) is 1. The molecule has 0 amide bonds. The number of hydrogen-bond acceptors (Lipinski definition) is 3. The summed E-state index contributed by atoms with van der Waals surface area (Å²) in [6.45, 7) is 0.666. The number of aliphatic hydroxyl groups excluding tert-OH is 1. The molecule has 0 saturated carbocycles. The van der Waals surface area contributed by atoms with E-state index in [1.807, 2.05) is 36.0 Å². The van der Waals surface area contributed by atoms with Gasteiger partial charge in [-0.2, -0.15) is 5.10 Å². The highest BCUT2D eigenvalue weighted by Crippen LogP contribution is 2.34. The quantitative estimate of drug-likeness (QED) is 0.837. The second-order valence-corrected chi connectivity index (χ2v) is 4.60. The third kappa shape index (κ3) is 1.88. The van der Waals surface area contributed by atoms with Crippen LogP contribution < -0.4 is 4.74 Å². The van der Waals surface area contributed by atoms with Crippen molar-refractivity contribution in [2.45, 2.75) is 18.9 Å². The summed E-state index contributed by atoms with van der Waals surface area (Å²) < 4.78 is 7.54. The van der Waals surface area contributed by atoms with Gasteiger partial charge in [-0.3, -0.25) is 4.68 Å². The predicted octanol–water partition coefficient (Wildman–Crippen LogP) is 2.29. The molecule has 0 bridgehead atoms. The van der Waals surface area contributed by atoms with E-state index >= 15 is 0 Å². The van der Waals surface area contributed by atoms with Crippen LogP contribution in [0.1, 0.15) is 24.5 Å². The second kappa shape index (κ2) is 4.46. The van der Waals surface area contributed by atoms with Crippen LogP contribution >= 0.6 is 0 Å². The first-order valence-electron chi connectivity index (χ1n) is 6.19. The largest absolute Gasteiger partial charge is 0.493 e. The van der Waals surface area contributed by atoms with E-state index in [9.17, 15) is 5.11 Å². The van der Waals surface area contributed by atoms with Gasteiger partial charge in [-0.1, -0.05) is 12.1 Å². The zero-order chi connectivity index (χ0) is 12.5. The monoisotopic (exact) mass is 244 g/mol.